The van der Waals surface area contributed by atoms with Crippen molar-refractivity contribution in [2.45, 2.75) is 32.6 Å². The number of nitrogens with zero attached hydrogens (tertiary/aromatic N) is 1. The molecule has 0 fully saturated rings. The van der Waals surface area contributed by atoms with Crippen molar-refractivity contribution >= 4 is 5.69 Å². The third-order valence-electron chi connectivity index (χ3n) is 2.32. The Balaban J connectivity index is 2.61. The SMILES string of the molecule is CC(C)(C)c1ccc(NCCC#N)cc1. The fraction of sp³-hybridized carbons (Fsp3) is 0.462. The molecule has 15 heavy (non-hydrogen) atoms. The summed E-state index contributed by atoms with van der Waals surface area (Å²) >= 11 is 0. The van der Waals surface area contributed by atoms with Crippen LogP contribution in [0.4, 0.5) is 5.69 Å². The van der Waals surface area contributed by atoms with Crippen LogP contribution in [0.2, 0.25) is 0 Å². The molecule has 0 spiro atoms. The van der Waals surface area contributed by atoms with Crippen LogP contribution in [0.25, 0.3) is 0 Å². The summed E-state index contributed by atoms with van der Waals surface area (Å²) < 4.78 is 0. The Hall–Kier alpha value is -1.49. The first-order chi connectivity index (χ1) is 7.04. The Kier molecular flexibility index (Phi) is 3.74. The maximum atomic E-state index is 8.41. The van der Waals surface area contributed by atoms with E-state index in [1.54, 1.807) is 0 Å². The summed E-state index contributed by atoms with van der Waals surface area (Å²) in [5.41, 5.74) is 2.61. The highest BCUT2D eigenvalue weighted by Crippen LogP contribution is 2.23. The number of anilines is 1. The fourth-order valence-corrected chi connectivity index (χ4v) is 1.35. The van der Waals surface area contributed by atoms with Crippen molar-refractivity contribution in [1.82, 2.24) is 0 Å². The van der Waals surface area contributed by atoms with E-state index in [0.29, 0.717) is 13.0 Å². The fourth-order valence-electron chi connectivity index (χ4n) is 1.35. The molecule has 0 atom stereocenters. The summed E-state index contributed by atoms with van der Waals surface area (Å²) in [4.78, 5) is 0. The lowest BCUT2D eigenvalue weighted by Gasteiger charge is -2.19. The van der Waals surface area contributed by atoms with Gasteiger partial charge in [-0.15, -0.1) is 0 Å². The van der Waals surface area contributed by atoms with Gasteiger partial charge in [0, 0.05) is 12.2 Å². The van der Waals surface area contributed by atoms with E-state index in [-0.39, 0.29) is 5.41 Å². The van der Waals surface area contributed by atoms with Gasteiger partial charge >= 0.3 is 0 Å². The average Bonchev–Trinajstić information content (AvgIpc) is 2.18. The van der Waals surface area contributed by atoms with E-state index in [4.69, 9.17) is 5.26 Å². The zero-order valence-electron chi connectivity index (χ0n) is 9.67. The van der Waals surface area contributed by atoms with Crippen LogP contribution in [0.3, 0.4) is 0 Å². The van der Waals surface area contributed by atoms with E-state index in [9.17, 15) is 0 Å². The maximum Gasteiger partial charge on any atom is 0.0640 e. The molecule has 0 saturated carbocycles. The second kappa shape index (κ2) is 4.84. The quantitative estimate of drug-likeness (QED) is 0.763. The topological polar surface area (TPSA) is 35.8 Å². The Morgan fingerprint density at radius 1 is 1.20 bits per heavy atom. The molecular formula is C13H18N2. The standard InChI is InChI=1S/C13H18N2/c1-13(2,3)11-5-7-12(8-6-11)15-10-4-9-14/h5-8,15H,4,10H2,1-3H3. The first-order valence-electron chi connectivity index (χ1n) is 5.25. The minimum Gasteiger partial charge on any atom is -0.384 e. The molecule has 1 rings (SSSR count). The van der Waals surface area contributed by atoms with E-state index < -0.39 is 0 Å². The molecule has 1 N–H and O–H groups in total. The van der Waals surface area contributed by atoms with Crippen LogP contribution in [-0.2, 0) is 5.41 Å². The van der Waals surface area contributed by atoms with Crippen LogP contribution in [0.5, 0.6) is 0 Å². The van der Waals surface area contributed by atoms with Crippen LogP contribution < -0.4 is 5.32 Å². The molecule has 2 heteroatoms. The second-order valence-corrected chi connectivity index (χ2v) is 4.66. The molecule has 0 amide bonds. The van der Waals surface area contributed by atoms with Crippen LogP contribution in [0.1, 0.15) is 32.8 Å². The second-order valence-electron chi connectivity index (χ2n) is 4.66. The van der Waals surface area contributed by atoms with Crippen molar-refractivity contribution in [1.29, 1.82) is 5.26 Å². The monoisotopic (exact) mass is 202 g/mol. The van der Waals surface area contributed by atoms with Crippen LogP contribution in [0, 0.1) is 11.3 Å². The Bertz CT molecular complexity index is 338. The van der Waals surface area contributed by atoms with E-state index >= 15 is 0 Å². The summed E-state index contributed by atoms with van der Waals surface area (Å²) in [6, 6.07) is 10.5. The molecule has 0 aliphatic heterocycles. The molecule has 0 radical (unpaired) electrons. The van der Waals surface area contributed by atoms with Gasteiger partial charge in [-0.05, 0) is 23.1 Å². The molecule has 0 unspecified atom stereocenters. The molecule has 80 valence electrons. The zero-order chi connectivity index (χ0) is 11.3. The molecule has 0 heterocycles. The smallest absolute Gasteiger partial charge is 0.0640 e. The number of rotatable bonds is 3. The Morgan fingerprint density at radius 3 is 2.27 bits per heavy atom. The van der Waals surface area contributed by atoms with Gasteiger partial charge in [0.1, 0.15) is 0 Å². The summed E-state index contributed by atoms with van der Waals surface area (Å²) in [6.07, 6.45) is 0.543. The van der Waals surface area contributed by atoms with Crippen molar-refractivity contribution in [3.8, 4) is 6.07 Å². The number of benzene rings is 1. The molecule has 2 nitrogen and oxygen atoms in total. The van der Waals surface area contributed by atoms with Crippen LogP contribution >= 0.6 is 0 Å². The number of nitriles is 1. The highest BCUT2D eigenvalue weighted by molar-refractivity contribution is 5.45. The normalized spacial score (nSPS) is 10.8. The van der Waals surface area contributed by atoms with Crippen LogP contribution in [0.15, 0.2) is 24.3 Å². The van der Waals surface area contributed by atoms with E-state index in [2.05, 4.69) is 56.4 Å². The maximum absolute atomic E-state index is 8.41. The first kappa shape index (κ1) is 11.6. The third-order valence-corrected chi connectivity index (χ3v) is 2.32. The van der Waals surface area contributed by atoms with Crippen molar-refractivity contribution in [2.75, 3.05) is 11.9 Å². The van der Waals surface area contributed by atoms with E-state index in [1.165, 1.54) is 5.56 Å². The van der Waals surface area contributed by atoms with Crippen molar-refractivity contribution < 1.29 is 0 Å². The van der Waals surface area contributed by atoms with Gasteiger partial charge in [0.2, 0.25) is 0 Å². The van der Waals surface area contributed by atoms with E-state index in [0.717, 1.165) is 5.69 Å². The molecule has 0 aromatic heterocycles. The van der Waals surface area contributed by atoms with Gasteiger partial charge in [-0.2, -0.15) is 5.26 Å². The molecule has 1 aromatic carbocycles. The summed E-state index contributed by atoms with van der Waals surface area (Å²) in [7, 11) is 0. The van der Waals surface area contributed by atoms with Gasteiger partial charge in [0.25, 0.3) is 0 Å². The highest BCUT2D eigenvalue weighted by Gasteiger charge is 2.12. The lowest BCUT2D eigenvalue weighted by Crippen LogP contribution is -2.10. The van der Waals surface area contributed by atoms with Gasteiger partial charge in [-0.1, -0.05) is 32.9 Å². The molecule has 0 saturated heterocycles. The van der Waals surface area contributed by atoms with Gasteiger partial charge in [-0.25, -0.2) is 0 Å². The molecule has 0 aliphatic rings. The highest BCUT2D eigenvalue weighted by atomic mass is 14.9. The van der Waals surface area contributed by atoms with Gasteiger partial charge in [0.05, 0.1) is 12.5 Å². The Labute approximate surface area is 91.9 Å². The molecule has 1 aromatic rings. The summed E-state index contributed by atoms with van der Waals surface area (Å²) in [5, 5.41) is 11.6. The molecule has 0 bridgehead atoms. The predicted molar refractivity (Wildman–Crippen MR) is 63.9 cm³/mol. The van der Waals surface area contributed by atoms with Gasteiger partial charge < -0.3 is 5.32 Å². The Morgan fingerprint density at radius 2 is 1.80 bits per heavy atom. The molecule has 0 aliphatic carbocycles. The molecular weight excluding hydrogens is 184 g/mol. The minimum absolute atomic E-state index is 0.200. The summed E-state index contributed by atoms with van der Waals surface area (Å²) in [6.45, 7) is 7.31. The minimum atomic E-state index is 0.200. The van der Waals surface area contributed by atoms with Crippen molar-refractivity contribution in [3.05, 3.63) is 29.8 Å². The van der Waals surface area contributed by atoms with Crippen molar-refractivity contribution in [3.63, 3.8) is 0 Å². The number of nitrogens with one attached hydrogen (secondary N) is 1. The lowest BCUT2D eigenvalue weighted by atomic mass is 9.87. The van der Waals surface area contributed by atoms with Gasteiger partial charge in [-0.3, -0.25) is 0 Å². The van der Waals surface area contributed by atoms with Crippen LogP contribution in [-0.4, -0.2) is 6.54 Å². The average molecular weight is 202 g/mol. The lowest BCUT2D eigenvalue weighted by molar-refractivity contribution is 0.590. The third kappa shape index (κ3) is 3.63. The van der Waals surface area contributed by atoms with Crippen molar-refractivity contribution in [2.24, 2.45) is 0 Å². The number of hydrogen-bond acceptors (Lipinski definition) is 2. The van der Waals surface area contributed by atoms with E-state index in [1.807, 2.05) is 0 Å². The largest absolute Gasteiger partial charge is 0.384 e. The zero-order valence-corrected chi connectivity index (χ0v) is 9.67. The first-order valence-corrected chi connectivity index (χ1v) is 5.25. The number of hydrogen-bond donors (Lipinski definition) is 1. The summed E-state index contributed by atoms with van der Waals surface area (Å²) in [5.74, 6) is 0. The predicted octanol–water partition coefficient (Wildman–Crippen LogP) is 3.31. The van der Waals surface area contributed by atoms with Gasteiger partial charge in [0.15, 0.2) is 0 Å².